The van der Waals surface area contributed by atoms with Crippen LogP contribution in [0.2, 0.25) is 5.02 Å². The molecule has 1 aromatic heterocycles. The maximum absolute atomic E-state index is 14.2. The van der Waals surface area contributed by atoms with Crippen LogP contribution >= 0.6 is 11.6 Å². The Kier molecular flexibility index (Phi) is 8.12. The highest BCUT2D eigenvalue weighted by Gasteiger charge is 2.30. The maximum atomic E-state index is 14.2. The predicted molar refractivity (Wildman–Crippen MR) is 130 cm³/mol. The highest BCUT2D eigenvalue weighted by molar-refractivity contribution is 6.30. The fourth-order valence-electron chi connectivity index (χ4n) is 4.62. The minimum absolute atomic E-state index is 0.0161. The second kappa shape index (κ2) is 11.7. The molecular weight excluding hydrogens is 491 g/mol. The molecule has 36 heavy (non-hydrogen) atoms. The fourth-order valence-corrected chi connectivity index (χ4v) is 4.74. The second-order valence-electron chi connectivity index (χ2n) is 9.10. The smallest absolute Gasteiger partial charge is 0.381 e. The van der Waals surface area contributed by atoms with Gasteiger partial charge in [0.2, 0.25) is 5.95 Å². The summed E-state index contributed by atoms with van der Waals surface area (Å²) in [6.45, 7) is 4.01. The van der Waals surface area contributed by atoms with Gasteiger partial charge in [-0.1, -0.05) is 17.7 Å². The third-order valence-corrected chi connectivity index (χ3v) is 6.89. The Morgan fingerprint density at radius 2 is 2.17 bits per heavy atom. The van der Waals surface area contributed by atoms with Gasteiger partial charge in [0, 0.05) is 45.1 Å². The number of carbonyl (C=O) groups excluding carboxylic acids is 1. The van der Waals surface area contributed by atoms with Crippen molar-refractivity contribution in [2.24, 2.45) is 0 Å². The standard InChI is InChI=1S/C24H30ClFN6O4/c25-18-2-1-15(11-19(18)26)22(21-13-27-6-10-35-21)31-24(33)36-32-7-3-16-12-28-23(30-20(16)14-32)29-17-4-8-34-9-5-17/h1-2,11-12,17,21-22,27H,3-10,13-14H2,(H,31,33)(H,28,29,30). The molecule has 4 heterocycles. The van der Waals surface area contributed by atoms with Crippen LogP contribution in [0.3, 0.4) is 0 Å². The second-order valence-corrected chi connectivity index (χ2v) is 9.50. The van der Waals surface area contributed by atoms with Crippen molar-refractivity contribution in [3.8, 4) is 0 Å². The van der Waals surface area contributed by atoms with E-state index in [0.717, 1.165) is 37.3 Å². The van der Waals surface area contributed by atoms with Gasteiger partial charge in [0.15, 0.2) is 0 Å². The van der Waals surface area contributed by atoms with Crippen molar-refractivity contribution in [2.45, 2.75) is 44.0 Å². The average molecular weight is 521 g/mol. The highest BCUT2D eigenvalue weighted by atomic mass is 35.5. The van der Waals surface area contributed by atoms with Crippen LogP contribution in [0.4, 0.5) is 15.1 Å². The zero-order valence-corrected chi connectivity index (χ0v) is 20.6. The number of hydrogen-bond acceptors (Lipinski definition) is 9. The van der Waals surface area contributed by atoms with E-state index in [1.165, 1.54) is 12.1 Å². The van der Waals surface area contributed by atoms with Crippen molar-refractivity contribution >= 4 is 23.6 Å². The molecule has 0 radical (unpaired) electrons. The summed E-state index contributed by atoms with van der Waals surface area (Å²) in [7, 11) is 0. The van der Waals surface area contributed by atoms with Crippen LogP contribution in [-0.4, -0.2) is 72.7 Å². The summed E-state index contributed by atoms with van der Waals surface area (Å²) in [6, 6.07) is 4.12. The van der Waals surface area contributed by atoms with Crippen molar-refractivity contribution in [2.75, 3.05) is 44.8 Å². The summed E-state index contributed by atoms with van der Waals surface area (Å²) in [5, 5.41) is 11.1. The largest absolute Gasteiger partial charge is 0.426 e. The summed E-state index contributed by atoms with van der Waals surface area (Å²) < 4.78 is 25.4. The molecule has 10 nitrogen and oxygen atoms in total. The van der Waals surface area contributed by atoms with Crippen LogP contribution in [0, 0.1) is 5.82 Å². The van der Waals surface area contributed by atoms with Crippen LogP contribution in [0.15, 0.2) is 24.4 Å². The Labute approximate surface area is 213 Å². The van der Waals surface area contributed by atoms with E-state index >= 15 is 0 Å². The lowest BCUT2D eigenvalue weighted by molar-refractivity contribution is -0.114. The van der Waals surface area contributed by atoms with Crippen LogP contribution in [0.25, 0.3) is 0 Å². The van der Waals surface area contributed by atoms with Crippen LogP contribution in [0.1, 0.15) is 35.7 Å². The normalized spacial score (nSPS) is 21.9. The zero-order valence-electron chi connectivity index (χ0n) is 19.8. The lowest BCUT2D eigenvalue weighted by Crippen LogP contribution is -2.48. The third kappa shape index (κ3) is 6.22. The number of morpholine rings is 1. The number of nitrogens with zero attached hydrogens (tertiary/aromatic N) is 3. The molecule has 0 saturated carbocycles. The molecule has 2 atom stereocenters. The van der Waals surface area contributed by atoms with Gasteiger partial charge in [0.05, 0.1) is 36.0 Å². The van der Waals surface area contributed by atoms with E-state index in [-0.39, 0.29) is 17.2 Å². The minimum atomic E-state index is -0.650. The maximum Gasteiger partial charge on any atom is 0.426 e. The van der Waals surface area contributed by atoms with Crippen molar-refractivity contribution in [3.63, 3.8) is 0 Å². The van der Waals surface area contributed by atoms with Gasteiger partial charge in [0.25, 0.3) is 0 Å². The summed E-state index contributed by atoms with van der Waals surface area (Å²) >= 11 is 5.85. The molecule has 3 N–H and O–H groups in total. The molecule has 194 valence electrons. The van der Waals surface area contributed by atoms with Crippen molar-refractivity contribution < 1.29 is 23.5 Å². The van der Waals surface area contributed by atoms with Gasteiger partial charge >= 0.3 is 6.09 Å². The van der Waals surface area contributed by atoms with Crippen molar-refractivity contribution in [3.05, 3.63) is 52.1 Å². The van der Waals surface area contributed by atoms with Gasteiger partial charge in [0.1, 0.15) is 5.82 Å². The first-order chi connectivity index (χ1) is 17.5. The summed E-state index contributed by atoms with van der Waals surface area (Å²) in [4.78, 5) is 27.6. The number of hydrogen-bond donors (Lipinski definition) is 3. The number of rotatable bonds is 6. The number of benzene rings is 1. The summed E-state index contributed by atoms with van der Waals surface area (Å²) in [5.74, 6) is 0.00863. The molecule has 0 aliphatic carbocycles. The number of hydroxylamine groups is 2. The number of amides is 1. The molecule has 1 amide bonds. The highest BCUT2D eigenvalue weighted by Crippen LogP contribution is 2.25. The van der Waals surface area contributed by atoms with Crippen molar-refractivity contribution in [1.29, 1.82) is 0 Å². The Morgan fingerprint density at radius 1 is 1.31 bits per heavy atom. The van der Waals surface area contributed by atoms with E-state index in [4.69, 9.17) is 25.9 Å². The van der Waals surface area contributed by atoms with E-state index in [0.29, 0.717) is 50.7 Å². The Hall–Kier alpha value is -2.57. The zero-order chi connectivity index (χ0) is 24.9. The summed E-state index contributed by atoms with van der Waals surface area (Å²) in [6.07, 6.45) is 3.27. The topological polar surface area (TPSA) is 110 Å². The number of anilines is 1. The molecule has 2 fully saturated rings. The van der Waals surface area contributed by atoms with E-state index in [1.807, 2.05) is 6.20 Å². The molecule has 2 unspecified atom stereocenters. The van der Waals surface area contributed by atoms with Gasteiger partial charge in [-0.25, -0.2) is 19.2 Å². The average Bonchev–Trinajstić information content (AvgIpc) is 2.90. The summed E-state index contributed by atoms with van der Waals surface area (Å²) in [5.41, 5.74) is 2.39. The van der Waals surface area contributed by atoms with Crippen LogP contribution < -0.4 is 16.0 Å². The molecule has 2 aromatic rings. The van der Waals surface area contributed by atoms with Gasteiger partial charge in [-0.3, -0.25) is 0 Å². The molecule has 1 aromatic carbocycles. The number of halogens is 2. The van der Waals surface area contributed by atoms with E-state index in [1.54, 1.807) is 11.1 Å². The van der Waals surface area contributed by atoms with Crippen molar-refractivity contribution in [1.82, 2.24) is 25.7 Å². The molecule has 3 aliphatic rings. The molecule has 3 aliphatic heterocycles. The van der Waals surface area contributed by atoms with Crippen LogP contribution in [-0.2, 0) is 27.3 Å². The SMILES string of the molecule is O=C(NC(c1ccc(Cl)c(F)c1)C1CNCCO1)ON1CCc2cnc(NC3CCOCC3)nc2C1. The van der Waals surface area contributed by atoms with E-state index in [9.17, 15) is 9.18 Å². The predicted octanol–water partition coefficient (Wildman–Crippen LogP) is 2.59. The van der Waals surface area contributed by atoms with Crippen LogP contribution in [0.5, 0.6) is 0 Å². The van der Waals surface area contributed by atoms with E-state index in [2.05, 4.69) is 25.9 Å². The van der Waals surface area contributed by atoms with Gasteiger partial charge in [-0.05, 0) is 42.5 Å². The number of nitrogens with one attached hydrogen (secondary N) is 3. The monoisotopic (exact) mass is 520 g/mol. The molecular formula is C24H30ClFN6O4. The lowest BCUT2D eigenvalue weighted by Gasteiger charge is -2.33. The molecule has 12 heteroatoms. The first-order valence-corrected chi connectivity index (χ1v) is 12.6. The Bertz CT molecular complexity index is 1070. The fraction of sp³-hybridized carbons (Fsp3) is 0.542. The number of aromatic nitrogens is 2. The Morgan fingerprint density at radius 3 is 2.94 bits per heavy atom. The molecule has 0 spiro atoms. The van der Waals surface area contributed by atoms with Gasteiger partial charge in [-0.2, -0.15) is 0 Å². The van der Waals surface area contributed by atoms with E-state index < -0.39 is 18.0 Å². The van der Waals surface area contributed by atoms with Gasteiger partial charge < -0.3 is 30.3 Å². The number of carbonyl (C=O) groups is 1. The molecule has 0 bridgehead atoms. The number of ether oxygens (including phenoxy) is 2. The van der Waals surface area contributed by atoms with Gasteiger partial charge in [-0.15, -0.1) is 5.06 Å². The Balaban J connectivity index is 1.23. The third-order valence-electron chi connectivity index (χ3n) is 6.58. The molecule has 5 rings (SSSR count). The lowest BCUT2D eigenvalue weighted by atomic mass is 10.0. The quantitative estimate of drug-likeness (QED) is 0.529. The first kappa shape index (κ1) is 25.1. The minimum Gasteiger partial charge on any atom is -0.381 e. The number of fused-ring (bicyclic) bond motifs is 1. The first-order valence-electron chi connectivity index (χ1n) is 12.2. The molecule has 2 saturated heterocycles.